The zero-order valence-electron chi connectivity index (χ0n) is 17.5. The van der Waals surface area contributed by atoms with Crippen molar-refractivity contribution in [3.05, 3.63) is 58.5 Å². The first-order valence-electron chi connectivity index (χ1n) is 9.83. The molecule has 0 spiro atoms. The number of carbonyl (C=O) groups is 1. The van der Waals surface area contributed by atoms with Gasteiger partial charge >= 0.3 is 6.18 Å². The van der Waals surface area contributed by atoms with E-state index in [1.54, 1.807) is 18.2 Å². The van der Waals surface area contributed by atoms with Crippen molar-refractivity contribution in [3.63, 3.8) is 0 Å². The number of nitrogens with zero attached hydrogens (tertiary/aromatic N) is 2. The molecule has 0 saturated carbocycles. The largest absolute Gasteiger partial charge is 0.443 e. The summed E-state index contributed by atoms with van der Waals surface area (Å²) in [4.78, 5) is 20.0. The average Bonchev–Trinajstić information content (AvgIpc) is 3.28. The lowest BCUT2D eigenvalue weighted by molar-refractivity contribution is -0.137. The Hall–Kier alpha value is -2.48. The number of alkyl halides is 3. The third kappa shape index (κ3) is 6.50. The van der Waals surface area contributed by atoms with E-state index in [2.05, 4.69) is 5.16 Å². The summed E-state index contributed by atoms with van der Waals surface area (Å²) in [6.07, 6.45) is -4.24. The molecule has 2 heterocycles. The van der Waals surface area contributed by atoms with Crippen LogP contribution in [0.2, 0.25) is 5.22 Å². The Morgan fingerprint density at radius 2 is 1.97 bits per heavy atom. The third-order valence-electron chi connectivity index (χ3n) is 4.68. The van der Waals surface area contributed by atoms with Gasteiger partial charge < -0.3 is 14.2 Å². The average molecular weight is 457 g/mol. The maximum atomic E-state index is 13.1. The number of halogens is 4. The van der Waals surface area contributed by atoms with E-state index in [0.29, 0.717) is 23.5 Å². The van der Waals surface area contributed by atoms with Crippen molar-refractivity contribution < 1.29 is 27.2 Å². The van der Waals surface area contributed by atoms with E-state index in [1.807, 2.05) is 20.8 Å². The van der Waals surface area contributed by atoms with Gasteiger partial charge in [-0.2, -0.15) is 13.2 Å². The topological polar surface area (TPSA) is 55.0 Å². The van der Waals surface area contributed by atoms with Gasteiger partial charge in [0.2, 0.25) is 5.91 Å². The Kier molecular flexibility index (Phi) is 6.69. The molecule has 1 aliphatic rings. The highest BCUT2D eigenvalue weighted by molar-refractivity contribution is 6.29. The molecule has 2 aromatic rings. The number of amides is 1. The molecule has 1 atom stereocenters. The summed E-state index contributed by atoms with van der Waals surface area (Å²) < 4.78 is 44.6. The Labute approximate surface area is 183 Å². The molecule has 5 nitrogen and oxygen atoms in total. The van der Waals surface area contributed by atoms with Crippen LogP contribution in [-0.2, 0) is 22.4 Å². The minimum absolute atomic E-state index is 0.0423. The smallest absolute Gasteiger partial charge is 0.416 e. The van der Waals surface area contributed by atoms with E-state index in [0.717, 1.165) is 12.1 Å². The van der Waals surface area contributed by atoms with Crippen molar-refractivity contribution in [2.24, 2.45) is 10.6 Å². The summed E-state index contributed by atoms with van der Waals surface area (Å²) in [5.74, 6) is 0.320. The molecule has 1 aromatic carbocycles. The molecule has 0 fully saturated rings. The minimum Gasteiger partial charge on any atom is -0.443 e. The molecule has 3 rings (SSSR count). The molecule has 31 heavy (non-hydrogen) atoms. The maximum absolute atomic E-state index is 13.1. The van der Waals surface area contributed by atoms with Crippen LogP contribution in [0.25, 0.3) is 0 Å². The van der Waals surface area contributed by atoms with Gasteiger partial charge in [0.15, 0.2) is 17.1 Å². The van der Waals surface area contributed by atoms with Gasteiger partial charge in [-0.1, -0.05) is 38.1 Å². The fourth-order valence-corrected chi connectivity index (χ4v) is 3.42. The molecule has 0 N–H and O–H groups in total. The van der Waals surface area contributed by atoms with Gasteiger partial charge in [-0.15, -0.1) is 0 Å². The molecule has 168 valence electrons. The Balaban J connectivity index is 1.74. The predicted molar refractivity (Wildman–Crippen MR) is 111 cm³/mol. The molecule has 1 aromatic heterocycles. The summed E-state index contributed by atoms with van der Waals surface area (Å²) in [5, 5.41) is 4.25. The van der Waals surface area contributed by atoms with Crippen LogP contribution in [0.4, 0.5) is 13.2 Å². The van der Waals surface area contributed by atoms with Crippen molar-refractivity contribution in [2.45, 2.75) is 52.4 Å². The van der Waals surface area contributed by atoms with Crippen molar-refractivity contribution in [1.82, 2.24) is 4.90 Å². The SMILES string of the molecule is CC(C)(C)CC(=O)N(Cc1cccc(C(F)(F)F)c1)C[C@H]1CC(c2ccc(Cl)o2)=NO1. The number of oxime groups is 1. The van der Waals surface area contributed by atoms with E-state index in [4.69, 9.17) is 20.9 Å². The molecule has 9 heteroatoms. The van der Waals surface area contributed by atoms with Crippen LogP contribution in [0.5, 0.6) is 0 Å². The fraction of sp³-hybridized carbons (Fsp3) is 0.455. The van der Waals surface area contributed by atoms with E-state index in [1.165, 1.54) is 11.0 Å². The van der Waals surface area contributed by atoms with E-state index in [9.17, 15) is 18.0 Å². The third-order valence-corrected chi connectivity index (χ3v) is 4.88. The van der Waals surface area contributed by atoms with E-state index < -0.39 is 17.8 Å². The van der Waals surface area contributed by atoms with Crippen LogP contribution >= 0.6 is 11.6 Å². The van der Waals surface area contributed by atoms with Crippen molar-refractivity contribution in [2.75, 3.05) is 6.54 Å². The number of hydrogen-bond acceptors (Lipinski definition) is 4. The second-order valence-corrected chi connectivity index (χ2v) is 9.16. The summed E-state index contributed by atoms with van der Waals surface area (Å²) in [6, 6.07) is 8.28. The lowest BCUT2D eigenvalue weighted by atomic mass is 9.91. The van der Waals surface area contributed by atoms with Crippen molar-refractivity contribution >= 4 is 23.2 Å². The van der Waals surface area contributed by atoms with Crippen LogP contribution in [-0.4, -0.2) is 29.2 Å². The van der Waals surface area contributed by atoms with Gasteiger partial charge in [0.25, 0.3) is 0 Å². The van der Waals surface area contributed by atoms with Gasteiger partial charge in [0.1, 0.15) is 5.71 Å². The standard InChI is InChI=1S/C22H24ClF3N2O3/c1-21(2,3)11-20(29)28(12-14-5-4-6-15(9-14)22(24,25)26)13-16-10-17(27-31-16)18-7-8-19(23)30-18/h4-9,16H,10-13H2,1-3H3/t16-/m1/s1. The Bertz CT molecular complexity index is 963. The minimum atomic E-state index is -4.45. The quantitative estimate of drug-likeness (QED) is 0.543. The van der Waals surface area contributed by atoms with Crippen LogP contribution < -0.4 is 0 Å². The summed E-state index contributed by atoms with van der Waals surface area (Å²) >= 11 is 5.80. The fourth-order valence-electron chi connectivity index (χ4n) is 3.27. The number of furan rings is 1. The van der Waals surface area contributed by atoms with Gasteiger partial charge in [-0.25, -0.2) is 0 Å². The molecule has 0 radical (unpaired) electrons. The lowest BCUT2D eigenvalue weighted by Crippen LogP contribution is -2.38. The van der Waals surface area contributed by atoms with Gasteiger partial charge in [-0.05, 0) is 46.8 Å². The summed E-state index contributed by atoms with van der Waals surface area (Å²) in [5.41, 5.74) is -0.0504. The van der Waals surface area contributed by atoms with E-state index >= 15 is 0 Å². The summed E-state index contributed by atoms with van der Waals surface area (Å²) in [7, 11) is 0. The first-order valence-corrected chi connectivity index (χ1v) is 10.2. The van der Waals surface area contributed by atoms with Crippen molar-refractivity contribution in [1.29, 1.82) is 0 Å². The highest BCUT2D eigenvalue weighted by Crippen LogP contribution is 2.30. The molecule has 0 unspecified atom stereocenters. The van der Waals surface area contributed by atoms with Crippen LogP contribution in [0, 0.1) is 5.41 Å². The maximum Gasteiger partial charge on any atom is 0.416 e. The molecule has 0 bridgehead atoms. The van der Waals surface area contributed by atoms with Crippen LogP contribution in [0.3, 0.4) is 0 Å². The summed E-state index contributed by atoms with van der Waals surface area (Å²) in [6.45, 7) is 6.02. The van der Waals surface area contributed by atoms with Crippen LogP contribution in [0.1, 0.15) is 50.5 Å². The number of hydrogen-bond donors (Lipinski definition) is 0. The van der Waals surface area contributed by atoms with Gasteiger partial charge in [0.05, 0.1) is 12.1 Å². The number of benzene rings is 1. The van der Waals surface area contributed by atoms with Crippen molar-refractivity contribution in [3.8, 4) is 0 Å². The Morgan fingerprint density at radius 3 is 2.58 bits per heavy atom. The highest BCUT2D eigenvalue weighted by atomic mass is 35.5. The molecule has 1 amide bonds. The predicted octanol–water partition coefficient (Wildman–Crippen LogP) is 5.91. The monoisotopic (exact) mass is 456 g/mol. The first kappa shape index (κ1) is 23.2. The van der Waals surface area contributed by atoms with Crippen LogP contribution in [0.15, 0.2) is 46.0 Å². The Morgan fingerprint density at radius 1 is 1.23 bits per heavy atom. The lowest BCUT2D eigenvalue weighted by Gasteiger charge is -2.28. The molecule has 0 aliphatic carbocycles. The zero-order valence-corrected chi connectivity index (χ0v) is 18.3. The normalized spacial score (nSPS) is 16.7. The number of carbonyl (C=O) groups excluding carboxylic acids is 1. The molecule has 1 aliphatic heterocycles. The second kappa shape index (κ2) is 8.94. The second-order valence-electron chi connectivity index (χ2n) is 8.78. The van der Waals surface area contributed by atoms with Gasteiger partial charge in [-0.3, -0.25) is 4.79 Å². The molecule has 0 saturated heterocycles. The molecular weight excluding hydrogens is 433 g/mol. The highest BCUT2D eigenvalue weighted by Gasteiger charge is 2.32. The molecular formula is C22H24ClF3N2O3. The first-order chi connectivity index (χ1) is 14.4. The van der Waals surface area contributed by atoms with Gasteiger partial charge in [0, 0.05) is 19.4 Å². The van der Waals surface area contributed by atoms with E-state index in [-0.39, 0.29) is 36.1 Å². The zero-order chi connectivity index (χ0) is 22.8. The number of rotatable bonds is 6.